The van der Waals surface area contributed by atoms with Crippen molar-refractivity contribution in [2.45, 2.75) is 13.0 Å². The normalized spacial score (nSPS) is 11.0. The average molecular weight is 388 g/mol. The Hall–Kier alpha value is -3.60. The van der Waals surface area contributed by atoms with Gasteiger partial charge < -0.3 is 14.6 Å². The van der Waals surface area contributed by atoms with Gasteiger partial charge in [0.25, 0.3) is 0 Å². The van der Waals surface area contributed by atoms with Crippen LogP contribution in [-0.4, -0.2) is 22.7 Å². The van der Waals surface area contributed by atoms with E-state index in [1.54, 1.807) is 12.1 Å². The molecule has 1 aromatic heterocycles. The fourth-order valence-corrected chi connectivity index (χ4v) is 3.64. The van der Waals surface area contributed by atoms with Crippen LogP contribution in [0.25, 0.3) is 10.9 Å². The predicted octanol–water partition coefficient (Wildman–Crippen LogP) is 5.22. The molecule has 0 bridgehead atoms. The van der Waals surface area contributed by atoms with Crippen LogP contribution in [0.5, 0.6) is 0 Å². The Balaban J connectivity index is 1.60. The summed E-state index contributed by atoms with van der Waals surface area (Å²) in [6.07, 6.45) is 1.91. The van der Waals surface area contributed by atoms with Gasteiger partial charge in [-0.3, -0.25) is 4.79 Å². The van der Waals surface area contributed by atoms with Crippen molar-refractivity contribution < 1.29 is 14.3 Å². The first-order chi connectivity index (χ1) is 14.0. The highest BCUT2D eigenvalue weighted by Gasteiger charge is 2.12. The number of anilines is 2. The van der Waals surface area contributed by atoms with Crippen LogP contribution >= 0.6 is 0 Å². The molecular weight excluding hydrogens is 367 g/mol. The zero-order valence-corrected chi connectivity index (χ0v) is 16.0. The van der Waals surface area contributed by atoms with Crippen LogP contribution in [0, 0.1) is 5.82 Å². The molecule has 29 heavy (non-hydrogen) atoms. The van der Waals surface area contributed by atoms with Gasteiger partial charge in [0.05, 0.1) is 12.1 Å². The van der Waals surface area contributed by atoms with Crippen LogP contribution in [0.15, 0.2) is 79.0 Å². The third-order valence-corrected chi connectivity index (χ3v) is 5.10. The van der Waals surface area contributed by atoms with E-state index >= 15 is 0 Å². The molecule has 0 aliphatic rings. The van der Waals surface area contributed by atoms with E-state index < -0.39 is 5.97 Å². The third kappa shape index (κ3) is 3.85. The number of hydrogen-bond donors (Lipinski definition) is 1. The molecule has 4 nitrogen and oxygen atoms in total. The second kappa shape index (κ2) is 7.80. The minimum absolute atomic E-state index is 0.000113. The van der Waals surface area contributed by atoms with Crippen LogP contribution in [0.1, 0.15) is 11.1 Å². The molecule has 1 N–H and O–H groups in total. The molecule has 0 saturated carbocycles. The van der Waals surface area contributed by atoms with Crippen molar-refractivity contribution >= 4 is 28.2 Å². The van der Waals surface area contributed by atoms with E-state index in [0.29, 0.717) is 12.2 Å². The largest absolute Gasteiger partial charge is 0.481 e. The quantitative estimate of drug-likeness (QED) is 0.492. The van der Waals surface area contributed by atoms with E-state index in [0.717, 1.165) is 27.7 Å². The summed E-state index contributed by atoms with van der Waals surface area (Å²) in [5.74, 6) is -1.10. The lowest BCUT2D eigenvalue weighted by molar-refractivity contribution is -0.136. The molecule has 0 atom stereocenters. The van der Waals surface area contributed by atoms with Crippen LogP contribution in [0.4, 0.5) is 15.8 Å². The third-order valence-electron chi connectivity index (χ3n) is 5.10. The molecule has 4 rings (SSSR count). The smallest absolute Gasteiger partial charge is 0.307 e. The molecule has 0 spiro atoms. The Morgan fingerprint density at radius 3 is 2.41 bits per heavy atom. The van der Waals surface area contributed by atoms with Gasteiger partial charge >= 0.3 is 5.97 Å². The number of nitrogens with zero attached hydrogens (tertiary/aromatic N) is 2. The highest BCUT2D eigenvalue weighted by molar-refractivity contribution is 5.87. The number of rotatable bonds is 6. The van der Waals surface area contributed by atoms with Gasteiger partial charge in [-0.1, -0.05) is 42.5 Å². The van der Waals surface area contributed by atoms with Gasteiger partial charge in [0, 0.05) is 36.4 Å². The van der Waals surface area contributed by atoms with E-state index in [1.165, 1.54) is 6.07 Å². The minimum atomic E-state index is -0.839. The van der Waals surface area contributed by atoms with Crippen molar-refractivity contribution in [3.05, 3.63) is 95.9 Å². The van der Waals surface area contributed by atoms with Crippen molar-refractivity contribution in [1.82, 2.24) is 4.57 Å². The Labute approximate surface area is 168 Å². The summed E-state index contributed by atoms with van der Waals surface area (Å²) in [7, 11) is 1.84. The number of carbonyl (C=O) groups is 1. The molecule has 0 aliphatic heterocycles. The van der Waals surface area contributed by atoms with Gasteiger partial charge in [-0.25, -0.2) is 4.39 Å². The minimum Gasteiger partial charge on any atom is -0.481 e. The van der Waals surface area contributed by atoms with Crippen molar-refractivity contribution in [3.63, 3.8) is 0 Å². The standard InChI is InChI=1S/C24H21FN2O2/c1-26(23-9-5-3-7-21(23)25)19-12-10-17(11-13-19)15-27-16-18(14-24(28)29)20-6-2-4-8-22(20)27/h2-13,16H,14-15H2,1H3,(H,28,29). The van der Waals surface area contributed by atoms with Crippen LogP contribution in [0.3, 0.4) is 0 Å². The predicted molar refractivity (Wildman–Crippen MR) is 113 cm³/mol. The lowest BCUT2D eigenvalue weighted by Crippen LogP contribution is -2.11. The number of carboxylic acids is 1. The number of benzene rings is 3. The second-order valence-corrected chi connectivity index (χ2v) is 7.05. The van der Waals surface area contributed by atoms with Crippen molar-refractivity contribution in [2.24, 2.45) is 0 Å². The molecule has 146 valence electrons. The number of halogens is 1. The molecular formula is C24H21FN2O2. The van der Waals surface area contributed by atoms with Gasteiger partial charge in [-0.05, 0) is 41.5 Å². The molecule has 0 unspecified atom stereocenters. The molecule has 5 heteroatoms. The number of aliphatic carboxylic acids is 1. The summed E-state index contributed by atoms with van der Waals surface area (Å²) in [5, 5.41) is 10.1. The highest BCUT2D eigenvalue weighted by Crippen LogP contribution is 2.27. The number of aromatic nitrogens is 1. The maximum Gasteiger partial charge on any atom is 0.307 e. The Kier molecular flexibility index (Phi) is 5.04. The summed E-state index contributed by atoms with van der Waals surface area (Å²) in [4.78, 5) is 13.0. The van der Waals surface area contributed by atoms with E-state index in [2.05, 4.69) is 4.57 Å². The zero-order valence-electron chi connectivity index (χ0n) is 16.0. The summed E-state index contributed by atoms with van der Waals surface area (Å²) in [6.45, 7) is 0.629. The topological polar surface area (TPSA) is 45.5 Å². The molecule has 1 heterocycles. The number of hydrogen-bond acceptors (Lipinski definition) is 2. The van der Waals surface area contributed by atoms with Crippen LogP contribution in [-0.2, 0) is 17.8 Å². The maximum atomic E-state index is 14.0. The highest BCUT2D eigenvalue weighted by atomic mass is 19.1. The molecule has 4 aromatic rings. The Morgan fingerprint density at radius 2 is 1.69 bits per heavy atom. The molecule has 0 amide bonds. The van der Waals surface area contributed by atoms with Gasteiger partial charge in [0.1, 0.15) is 5.82 Å². The summed E-state index contributed by atoms with van der Waals surface area (Å²) >= 11 is 0. The fraction of sp³-hybridized carbons (Fsp3) is 0.125. The first-order valence-corrected chi connectivity index (χ1v) is 9.38. The van der Waals surface area contributed by atoms with E-state index in [-0.39, 0.29) is 12.2 Å². The van der Waals surface area contributed by atoms with Crippen molar-refractivity contribution in [1.29, 1.82) is 0 Å². The van der Waals surface area contributed by atoms with Gasteiger partial charge in [0.2, 0.25) is 0 Å². The molecule has 0 fully saturated rings. The van der Waals surface area contributed by atoms with Crippen LogP contribution in [0.2, 0.25) is 0 Å². The number of para-hydroxylation sites is 2. The lowest BCUT2D eigenvalue weighted by atomic mass is 10.1. The monoisotopic (exact) mass is 388 g/mol. The first-order valence-electron chi connectivity index (χ1n) is 9.38. The maximum absolute atomic E-state index is 14.0. The van der Waals surface area contributed by atoms with E-state index in [4.69, 9.17) is 0 Å². The van der Waals surface area contributed by atoms with E-state index in [9.17, 15) is 14.3 Å². The first kappa shape index (κ1) is 18.7. The van der Waals surface area contributed by atoms with Gasteiger partial charge in [-0.15, -0.1) is 0 Å². The van der Waals surface area contributed by atoms with E-state index in [1.807, 2.05) is 72.7 Å². The van der Waals surface area contributed by atoms with Crippen LogP contribution < -0.4 is 4.90 Å². The lowest BCUT2D eigenvalue weighted by Gasteiger charge is -2.20. The number of fused-ring (bicyclic) bond motifs is 1. The number of carboxylic acid groups (broad SMARTS) is 1. The van der Waals surface area contributed by atoms with Gasteiger partial charge in [0.15, 0.2) is 0 Å². The summed E-state index contributed by atoms with van der Waals surface area (Å²) in [5.41, 5.74) is 4.32. The van der Waals surface area contributed by atoms with Crippen molar-refractivity contribution in [2.75, 3.05) is 11.9 Å². The van der Waals surface area contributed by atoms with Crippen molar-refractivity contribution in [3.8, 4) is 0 Å². The average Bonchev–Trinajstić information content (AvgIpc) is 3.05. The molecule has 0 aliphatic carbocycles. The zero-order chi connectivity index (χ0) is 20.4. The molecule has 0 saturated heterocycles. The summed E-state index contributed by atoms with van der Waals surface area (Å²) < 4.78 is 16.1. The molecule has 0 radical (unpaired) electrons. The molecule has 3 aromatic carbocycles. The second-order valence-electron chi connectivity index (χ2n) is 7.05. The summed E-state index contributed by atoms with van der Waals surface area (Å²) in [6, 6.07) is 22.5. The SMILES string of the molecule is CN(c1ccc(Cn2cc(CC(=O)O)c3ccccc32)cc1)c1ccccc1F. The Bertz CT molecular complexity index is 1170. The Morgan fingerprint density at radius 1 is 1.00 bits per heavy atom. The van der Waals surface area contributed by atoms with Gasteiger partial charge in [-0.2, -0.15) is 0 Å². The fourth-order valence-electron chi connectivity index (χ4n) is 3.64.